The molecule has 1 N–H and O–H groups in total. The number of halogens is 1. The van der Waals surface area contributed by atoms with Crippen molar-refractivity contribution in [1.82, 2.24) is 9.88 Å². The summed E-state index contributed by atoms with van der Waals surface area (Å²) >= 11 is 6.05. The van der Waals surface area contributed by atoms with Gasteiger partial charge in [-0.1, -0.05) is 11.6 Å². The minimum Gasteiger partial charge on any atom is -0.444 e. The van der Waals surface area contributed by atoms with Crippen LogP contribution in [0.5, 0.6) is 0 Å². The molecule has 2 unspecified atom stereocenters. The summed E-state index contributed by atoms with van der Waals surface area (Å²) in [7, 11) is 0. The number of ether oxygens (including phenoxy) is 2. The van der Waals surface area contributed by atoms with E-state index in [9.17, 15) is 9.90 Å². The van der Waals surface area contributed by atoms with Gasteiger partial charge in [0.25, 0.3) is 0 Å². The average Bonchev–Trinajstić information content (AvgIpc) is 2.66. The highest BCUT2D eigenvalue weighted by molar-refractivity contribution is 6.29. The summed E-state index contributed by atoms with van der Waals surface area (Å²) in [6.07, 6.45) is -0.484. The van der Waals surface area contributed by atoms with Crippen LogP contribution in [0.1, 0.15) is 45.9 Å². The van der Waals surface area contributed by atoms with Gasteiger partial charge in [0.1, 0.15) is 22.6 Å². The van der Waals surface area contributed by atoms with Gasteiger partial charge in [-0.05, 0) is 65.7 Å². The van der Waals surface area contributed by atoms with Gasteiger partial charge in [0.2, 0.25) is 0 Å². The van der Waals surface area contributed by atoms with Gasteiger partial charge in [0.05, 0.1) is 12.6 Å². The quantitative estimate of drug-likeness (QED) is 0.826. The van der Waals surface area contributed by atoms with Crippen molar-refractivity contribution in [2.45, 2.75) is 71.4 Å². The molecule has 2 rings (SSSR count). The molecule has 0 spiro atoms. The lowest BCUT2D eigenvalue weighted by atomic mass is 10.0. The number of pyridine rings is 1. The van der Waals surface area contributed by atoms with Crippen LogP contribution in [0.2, 0.25) is 5.15 Å². The molecule has 1 aromatic heterocycles. The van der Waals surface area contributed by atoms with Crippen molar-refractivity contribution in [3.63, 3.8) is 0 Å². The minimum atomic E-state index is -0.883. The molecular weight excluding hydrogens is 344 g/mol. The van der Waals surface area contributed by atoms with E-state index in [1.807, 2.05) is 33.8 Å². The largest absolute Gasteiger partial charge is 0.444 e. The first kappa shape index (κ1) is 19.9. The lowest BCUT2D eigenvalue weighted by Crippen LogP contribution is -2.51. The summed E-state index contributed by atoms with van der Waals surface area (Å²) in [5, 5.41) is 10.1. The topological polar surface area (TPSA) is 71.9 Å². The Morgan fingerprint density at radius 2 is 2.08 bits per heavy atom. The highest BCUT2D eigenvalue weighted by Gasteiger charge is 2.50. The number of aryl methyl sites for hydroxylation is 1. The molecule has 1 aromatic rings. The fraction of sp³-hybridized carbons (Fsp3) is 0.667. The number of hydrogen-bond acceptors (Lipinski definition) is 5. The number of aromatic nitrogens is 1. The van der Waals surface area contributed by atoms with E-state index in [0.717, 1.165) is 11.3 Å². The molecular formula is C18H27ClN2O4. The highest BCUT2D eigenvalue weighted by atomic mass is 35.5. The van der Waals surface area contributed by atoms with E-state index in [1.165, 1.54) is 0 Å². The highest BCUT2D eigenvalue weighted by Crippen LogP contribution is 2.35. The van der Waals surface area contributed by atoms with E-state index in [-0.39, 0.29) is 12.6 Å². The summed E-state index contributed by atoms with van der Waals surface area (Å²) < 4.78 is 11.5. The molecule has 0 radical (unpaired) electrons. The minimum absolute atomic E-state index is 0.189. The molecule has 0 saturated carbocycles. The monoisotopic (exact) mass is 370 g/mol. The zero-order valence-electron chi connectivity index (χ0n) is 15.7. The molecule has 1 saturated heterocycles. The van der Waals surface area contributed by atoms with Crippen LogP contribution < -0.4 is 0 Å². The molecule has 0 aromatic carbocycles. The van der Waals surface area contributed by atoms with E-state index in [1.54, 1.807) is 24.8 Å². The maximum absolute atomic E-state index is 12.8. The molecule has 2 atom stereocenters. The number of amides is 1. The smallest absolute Gasteiger partial charge is 0.412 e. The van der Waals surface area contributed by atoms with Gasteiger partial charge in [-0.3, -0.25) is 4.90 Å². The molecule has 7 heteroatoms. The van der Waals surface area contributed by atoms with E-state index >= 15 is 0 Å². The molecule has 25 heavy (non-hydrogen) atoms. The number of hydrogen-bond donors (Lipinski definition) is 1. The molecule has 1 aliphatic rings. The van der Waals surface area contributed by atoms with Crippen LogP contribution in [-0.2, 0) is 15.9 Å². The van der Waals surface area contributed by atoms with Crippen LogP contribution in [0.15, 0.2) is 12.1 Å². The summed E-state index contributed by atoms with van der Waals surface area (Å²) in [6, 6.07) is 3.31. The van der Waals surface area contributed by atoms with Gasteiger partial charge >= 0.3 is 6.09 Å². The number of carbonyl (C=O) groups excluding carboxylic acids is 1. The average molecular weight is 371 g/mol. The first-order valence-corrected chi connectivity index (χ1v) is 8.75. The third kappa shape index (κ3) is 4.84. The van der Waals surface area contributed by atoms with Crippen molar-refractivity contribution in [3.05, 3.63) is 28.5 Å². The van der Waals surface area contributed by atoms with Crippen molar-refractivity contribution >= 4 is 17.7 Å². The predicted molar refractivity (Wildman–Crippen MR) is 95.6 cm³/mol. The van der Waals surface area contributed by atoms with Gasteiger partial charge in [0.15, 0.2) is 0 Å². The molecule has 1 fully saturated rings. The van der Waals surface area contributed by atoms with E-state index in [2.05, 4.69) is 4.98 Å². The fourth-order valence-corrected chi connectivity index (χ4v) is 3.45. The molecule has 140 valence electrons. The number of carbonyl (C=O) groups is 1. The second-order valence-electron chi connectivity index (χ2n) is 7.85. The van der Waals surface area contributed by atoms with E-state index in [4.69, 9.17) is 21.1 Å². The number of rotatable bonds is 3. The third-order valence-electron chi connectivity index (χ3n) is 3.98. The maximum Gasteiger partial charge on any atom is 0.412 e. The Balaban J connectivity index is 2.33. The van der Waals surface area contributed by atoms with Crippen molar-refractivity contribution in [3.8, 4) is 0 Å². The van der Waals surface area contributed by atoms with Gasteiger partial charge in [-0.25, -0.2) is 9.78 Å². The zero-order valence-corrected chi connectivity index (χ0v) is 16.4. The Kier molecular flexibility index (Phi) is 5.66. The first-order chi connectivity index (χ1) is 11.4. The first-order valence-electron chi connectivity index (χ1n) is 8.37. The van der Waals surface area contributed by atoms with E-state index < -0.39 is 23.5 Å². The normalized spacial score (nSPS) is 23.0. The Hall–Kier alpha value is -1.37. The summed E-state index contributed by atoms with van der Waals surface area (Å²) in [6.45, 7) is 10.7. The standard InChI is InChI=1S/C18H27ClN2O4/c1-11-7-12(9-15(19)20-11)8-13-14(10-22)24-18(5,6)21(13)16(23)25-17(2,3)4/h7,9,13-14,22H,8,10H2,1-6H3. The fourth-order valence-electron chi connectivity index (χ4n) is 3.17. The van der Waals surface area contributed by atoms with E-state index in [0.29, 0.717) is 11.6 Å². The lowest BCUT2D eigenvalue weighted by Gasteiger charge is -2.35. The Morgan fingerprint density at radius 3 is 2.60 bits per heavy atom. The van der Waals surface area contributed by atoms with Crippen LogP contribution in [0.4, 0.5) is 4.79 Å². The second-order valence-corrected chi connectivity index (χ2v) is 8.23. The van der Waals surface area contributed by atoms with Crippen LogP contribution in [0, 0.1) is 6.92 Å². The molecule has 6 nitrogen and oxygen atoms in total. The Morgan fingerprint density at radius 1 is 1.44 bits per heavy atom. The third-order valence-corrected chi connectivity index (χ3v) is 4.17. The van der Waals surface area contributed by atoms with Crippen molar-refractivity contribution < 1.29 is 19.4 Å². The summed E-state index contributed by atoms with van der Waals surface area (Å²) in [5.41, 5.74) is 0.221. The Bertz CT molecular complexity index is 622. The SMILES string of the molecule is Cc1cc(CC2C(CO)OC(C)(C)N2C(=O)OC(C)(C)C)cc(Cl)n1. The molecule has 2 heterocycles. The molecule has 1 amide bonds. The van der Waals surface area contributed by atoms with Crippen LogP contribution in [0.25, 0.3) is 0 Å². The maximum atomic E-state index is 12.8. The van der Waals surface area contributed by atoms with Gasteiger partial charge in [-0.2, -0.15) is 0 Å². The number of aliphatic hydroxyl groups is 1. The van der Waals surface area contributed by atoms with Gasteiger partial charge < -0.3 is 14.6 Å². The van der Waals surface area contributed by atoms with Crippen LogP contribution >= 0.6 is 11.6 Å². The number of aliphatic hydroxyl groups excluding tert-OH is 1. The zero-order chi connectivity index (χ0) is 19.0. The van der Waals surface area contributed by atoms with Crippen molar-refractivity contribution in [2.75, 3.05) is 6.61 Å². The van der Waals surface area contributed by atoms with Crippen molar-refractivity contribution in [1.29, 1.82) is 0 Å². The van der Waals surface area contributed by atoms with Crippen LogP contribution in [0.3, 0.4) is 0 Å². The Labute approximate surface area is 154 Å². The molecule has 0 aliphatic carbocycles. The van der Waals surface area contributed by atoms with Crippen molar-refractivity contribution in [2.24, 2.45) is 0 Å². The second kappa shape index (κ2) is 7.09. The summed E-state index contributed by atoms with van der Waals surface area (Å²) in [4.78, 5) is 18.5. The van der Waals surface area contributed by atoms with Crippen LogP contribution in [-0.4, -0.2) is 51.2 Å². The van der Waals surface area contributed by atoms with Gasteiger partial charge in [0, 0.05) is 5.69 Å². The van der Waals surface area contributed by atoms with Gasteiger partial charge in [-0.15, -0.1) is 0 Å². The number of nitrogens with zero attached hydrogens (tertiary/aromatic N) is 2. The summed E-state index contributed by atoms with van der Waals surface area (Å²) in [5.74, 6) is 0. The molecule has 0 bridgehead atoms. The molecule has 1 aliphatic heterocycles. The lowest BCUT2D eigenvalue weighted by molar-refractivity contribution is -0.0866. The predicted octanol–water partition coefficient (Wildman–Crippen LogP) is 3.32.